The van der Waals surface area contributed by atoms with Gasteiger partial charge in [0.25, 0.3) is 0 Å². The zero-order valence-corrected chi connectivity index (χ0v) is 9.32. The van der Waals surface area contributed by atoms with Gasteiger partial charge in [0, 0.05) is 5.56 Å². The lowest BCUT2D eigenvalue weighted by molar-refractivity contribution is 0.101. The predicted molar refractivity (Wildman–Crippen MR) is 64.7 cm³/mol. The number of ketones is 1. The van der Waals surface area contributed by atoms with Gasteiger partial charge < -0.3 is 4.74 Å². The highest BCUT2D eigenvalue weighted by Crippen LogP contribution is 2.21. The maximum absolute atomic E-state index is 11.2. The number of carbonyl (C=O) groups is 1. The Morgan fingerprint density at radius 2 is 2.38 bits per heavy atom. The van der Waals surface area contributed by atoms with E-state index in [9.17, 15) is 4.79 Å². The van der Waals surface area contributed by atoms with E-state index in [-0.39, 0.29) is 12.4 Å². The molecule has 0 fully saturated rings. The van der Waals surface area contributed by atoms with Crippen LogP contribution < -0.4 is 4.74 Å². The molecular weight excluding hydrogens is 200 g/mol. The van der Waals surface area contributed by atoms with Gasteiger partial charge in [-0.05, 0) is 37.1 Å². The van der Waals surface area contributed by atoms with Crippen LogP contribution in [-0.2, 0) is 6.42 Å². The van der Waals surface area contributed by atoms with E-state index in [1.807, 2.05) is 6.07 Å². The van der Waals surface area contributed by atoms with Crippen LogP contribution in [0.25, 0.3) is 0 Å². The summed E-state index contributed by atoms with van der Waals surface area (Å²) in [5.41, 5.74) is 1.60. The van der Waals surface area contributed by atoms with Crippen LogP contribution in [0.1, 0.15) is 22.8 Å². The molecule has 0 saturated heterocycles. The Morgan fingerprint density at radius 3 is 2.94 bits per heavy atom. The lowest BCUT2D eigenvalue weighted by Gasteiger charge is -2.09. The molecule has 0 amide bonds. The summed E-state index contributed by atoms with van der Waals surface area (Å²) in [5, 5.41) is 0. The van der Waals surface area contributed by atoms with Crippen LogP contribution in [0, 0.1) is 12.3 Å². The molecule has 0 atom stereocenters. The number of rotatable bonds is 5. The summed E-state index contributed by atoms with van der Waals surface area (Å²) in [4.78, 5) is 11.2. The Bertz CT molecular complexity index is 439. The molecule has 0 saturated carbocycles. The molecule has 0 bridgehead atoms. The van der Waals surface area contributed by atoms with Gasteiger partial charge in [0.05, 0.1) is 0 Å². The second-order valence-corrected chi connectivity index (χ2v) is 3.36. The molecule has 0 aliphatic rings. The largest absolute Gasteiger partial charge is 0.481 e. The van der Waals surface area contributed by atoms with Crippen molar-refractivity contribution in [1.82, 2.24) is 0 Å². The first-order valence-electron chi connectivity index (χ1n) is 5.00. The molecule has 1 aromatic rings. The van der Waals surface area contributed by atoms with E-state index in [4.69, 9.17) is 11.2 Å². The standard InChI is InChI=1S/C14H14O2/c1-4-6-13-10-12(11(3)15)7-8-14(13)16-9-5-2/h2,4,7-8,10H,1,6,9H2,3H3. The van der Waals surface area contributed by atoms with E-state index in [0.717, 1.165) is 5.56 Å². The minimum Gasteiger partial charge on any atom is -0.481 e. The predicted octanol–water partition coefficient (Wildman–Crippen LogP) is 2.63. The fourth-order valence-electron chi connectivity index (χ4n) is 1.37. The van der Waals surface area contributed by atoms with E-state index < -0.39 is 0 Å². The normalized spacial score (nSPS) is 9.25. The lowest BCUT2D eigenvalue weighted by atomic mass is 10.0. The minimum absolute atomic E-state index is 0.0359. The molecule has 0 aromatic heterocycles. The average molecular weight is 214 g/mol. The van der Waals surface area contributed by atoms with Gasteiger partial charge in [0.1, 0.15) is 12.4 Å². The van der Waals surface area contributed by atoms with E-state index in [0.29, 0.717) is 17.7 Å². The van der Waals surface area contributed by atoms with Crippen LogP contribution in [0.2, 0.25) is 0 Å². The van der Waals surface area contributed by atoms with Crippen molar-refractivity contribution in [2.75, 3.05) is 6.61 Å². The molecule has 0 aliphatic carbocycles. The summed E-state index contributed by atoms with van der Waals surface area (Å²) in [7, 11) is 0. The molecule has 0 unspecified atom stereocenters. The number of hydrogen-bond donors (Lipinski definition) is 0. The molecule has 0 aliphatic heterocycles. The van der Waals surface area contributed by atoms with Crippen LogP contribution in [0.3, 0.4) is 0 Å². The zero-order chi connectivity index (χ0) is 12.0. The number of hydrogen-bond acceptors (Lipinski definition) is 2. The molecular formula is C14H14O2. The highest BCUT2D eigenvalue weighted by molar-refractivity contribution is 5.94. The number of allylic oxidation sites excluding steroid dienone is 1. The summed E-state index contributed by atoms with van der Waals surface area (Å²) in [6, 6.07) is 5.32. The molecule has 2 heteroatoms. The highest BCUT2D eigenvalue weighted by atomic mass is 16.5. The third-order valence-electron chi connectivity index (χ3n) is 2.14. The molecule has 2 nitrogen and oxygen atoms in total. The van der Waals surface area contributed by atoms with Gasteiger partial charge in [-0.25, -0.2) is 0 Å². The fraction of sp³-hybridized carbons (Fsp3) is 0.214. The van der Waals surface area contributed by atoms with Crippen molar-refractivity contribution in [3.8, 4) is 18.1 Å². The van der Waals surface area contributed by atoms with Crippen molar-refractivity contribution in [3.05, 3.63) is 42.0 Å². The molecule has 0 radical (unpaired) electrons. The number of ether oxygens (including phenoxy) is 1. The van der Waals surface area contributed by atoms with Crippen LogP contribution in [-0.4, -0.2) is 12.4 Å². The van der Waals surface area contributed by atoms with Gasteiger partial charge in [0.15, 0.2) is 5.78 Å². The third-order valence-corrected chi connectivity index (χ3v) is 2.14. The number of carbonyl (C=O) groups excluding carboxylic acids is 1. The Kier molecular flexibility index (Phi) is 4.35. The number of Topliss-reactive ketones (excluding diaryl/α,β-unsaturated/α-hetero) is 1. The smallest absolute Gasteiger partial charge is 0.159 e. The number of terminal acetylenes is 1. The Balaban J connectivity index is 3.04. The van der Waals surface area contributed by atoms with Crippen LogP contribution in [0.15, 0.2) is 30.9 Å². The van der Waals surface area contributed by atoms with Crippen molar-refractivity contribution in [1.29, 1.82) is 0 Å². The summed E-state index contributed by atoms with van der Waals surface area (Å²) >= 11 is 0. The number of benzene rings is 1. The quantitative estimate of drug-likeness (QED) is 0.428. The van der Waals surface area contributed by atoms with Crippen LogP contribution >= 0.6 is 0 Å². The van der Waals surface area contributed by atoms with Gasteiger partial charge in [-0.15, -0.1) is 13.0 Å². The first kappa shape index (κ1) is 12.1. The molecule has 16 heavy (non-hydrogen) atoms. The van der Waals surface area contributed by atoms with Gasteiger partial charge in [-0.1, -0.05) is 12.0 Å². The van der Waals surface area contributed by atoms with Gasteiger partial charge in [-0.3, -0.25) is 4.79 Å². The first-order valence-corrected chi connectivity index (χ1v) is 5.00. The summed E-state index contributed by atoms with van der Waals surface area (Å²) < 4.78 is 5.38. The van der Waals surface area contributed by atoms with E-state index >= 15 is 0 Å². The molecule has 1 aromatic carbocycles. The second kappa shape index (κ2) is 5.77. The van der Waals surface area contributed by atoms with Crippen molar-refractivity contribution in [2.45, 2.75) is 13.3 Å². The van der Waals surface area contributed by atoms with Crippen molar-refractivity contribution >= 4 is 5.78 Å². The zero-order valence-electron chi connectivity index (χ0n) is 9.32. The van der Waals surface area contributed by atoms with Crippen LogP contribution in [0.4, 0.5) is 0 Å². The van der Waals surface area contributed by atoms with Gasteiger partial charge >= 0.3 is 0 Å². The molecule has 0 N–H and O–H groups in total. The average Bonchev–Trinajstić information content (AvgIpc) is 2.27. The van der Waals surface area contributed by atoms with Crippen molar-refractivity contribution in [2.24, 2.45) is 0 Å². The van der Waals surface area contributed by atoms with Gasteiger partial charge in [-0.2, -0.15) is 0 Å². The Hall–Kier alpha value is -2.01. The van der Waals surface area contributed by atoms with Crippen molar-refractivity contribution in [3.63, 3.8) is 0 Å². The summed E-state index contributed by atoms with van der Waals surface area (Å²) in [5.74, 6) is 3.15. The van der Waals surface area contributed by atoms with Crippen LogP contribution in [0.5, 0.6) is 5.75 Å². The lowest BCUT2D eigenvalue weighted by Crippen LogP contribution is -2.00. The molecule has 1 rings (SSSR count). The summed E-state index contributed by atoms with van der Waals surface area (Å²) in [6.07, 6.45) is 7.55. The molecule has 82 valence electrons. The Morgan fingerprint density at radius 1 is 1.62 bits per heavy atom. The monoisotopic (exact) mass is 214 g/mol. The molecule has 0 spiro atoms. The minimum atomic E-state index is 0.0359. The first-order chi connectivity index (χ1) is 7.69. The topological polar surface area (TPSA) is 26.3 Å². The molecule has 0 heterocycles. The Labute approximate surface area is 95.9 Å². The maximum Gasteiger partial charge on any atom is 0.159 e. The van der Waals surface area contributed by atoms with E-state index in [1.165, 1.54) is 6.92 Å². The third kappa shape index (κ3) is 2.99. The highest BCUT2D eigenvalue weighted by Gasteiger charge is 2.06. The van der Waals surface area contributed by atoms with Crippen molar-refractivity contribution < 1.29 is 9.53 Å². The fourth-order valence-corrected chi connectivity index (χ4v) is 1.37. The summed E-state index contributed by atoms with van der Waals surface area (Å²) in [6.45, 7) is 5.43. The SMILES string of the molecule is C#CCOc1ccc(C(C)=O)cc1CC=C. The van der Waals surface area contributed by atoms with Gasteiger partial charge in [0.2, 0.25) is 0 Å². The van der Waals surface area contributed by atoms with E-state index in [2.05, 4.69) is 12.5 Å². The second-order valence-electron chi connectivity index (χ2n) is 3.36. The van der Waals surface area contributed by atoms with E-state index in [1.54, 1.807) is 18.2 Å². The maximum atomic E-state index is 11.2.